The van der Waals surface area contributed by atoms with E-state index in [0.29, 0.717) is 16.4 Å². The third-order valence-corrected chi connectivity index (χ3v) is 6.49. The molecule has 0 aliphatic carbocycles. The van der Waals surface area contributed by atoms with Gasteiger partial charge in [0.2, 0.25) is 0 Å². The Morgan fingerprint density at radius 2 is 1.37 bits per heavy atom. The highest BCUT2D eigenvalue weighted by molar-refractivity contribution is 6.30. The number of phenolic OH excluding ortho intramolecular Hbond substituents is 1. The molecule has 1 aliphatic heterocycles. The summed E-state index contributed by atoms with van der Waals surface area (Å²) < 4.78 is 1.74. The summed E-state index contributed by atoms with van der Waals surface area (Å²) in [5.74, 6) is -0.0226. The Morgan fingerprint density at radius 3 is 2.03 bits per heavy atom. The molecule has 1 amide bonds. The van der Waals surface area contributed by atoms with Crippen molar-refractivity contribution >= 4 is 23.2 Å². The number of anilines is 1. The topological polar surface area (TPSA) is 58.4 Å². The highest BCUT2D eigenvalue weighted by atomic mass is 35.5. The van der Waals surface area contributed by atoms with Crippen LogP contribution in [0.5, 0.6) is 5.75 Å². The molecule has 0 saturated carbocycles. The molecule has 1 atom stereocenters. The number of halogens is 1. The van der Waals surface area contributed by atoms with Crippen LogP contribution < -0.4 is 4.90 Å². The van der Waals surface area contributed by atoms with Gasteiger partial charge in [0.15, 0.2) is 0 Å². The van der Waals surface area contributed by atoms with Gasteiger partial charge in [-0.2, -0.15) is 5.10 Å². The van der Waals surface area contributed by atoms with E-state index in [4.69, 9.17) is 16.7 Å². The Morgan fingerprint density at radius 1 is 0.743 bits per heavy atom. The first kappa shape index (κ1) is 21.2. The lowest BCUT2D eigenvalue weighted by molar-refractivity contribution is 0.0986. The number of nitrogens with zero attached hydrogens (tertiary/aromatic N) is 3. The van der Waals surface area contributed by atoms with Crippen molar-refractivity contribution in [1.82, 2.24) is 9.78 Å². The van der Waals surface area contributed by atoms with Gasteiger partial charge in [0, 0.05) is 21.8 Å². The number of phenols is 1. The number of rotatable bonds is 4. The van der Waals surface area contributed by atoms with Gasteiger partial charge >= 0.3 is 0 Å². The van der Waals surface area contributed by atoms with Crippen LogP contribution in [-0.4, -0.2) is 20.8 Å². The molecular formula is C29H20ClN3O2. The first-order chi connectivity index (χ1) is 17.1. The summed E-state index contributed by atoms with van der Waals surface area (Å²) in [5.41, 5.74) is 5.43. The van der Waals surface area contributed by atoms with Crippen LogP contribution in [0.4, 0.5) is 5.69 Å². The molecule has 1 aliphatic rings. The number of fused-ring (bicyclic) bond motifs is 1. The molecule has 5 nitrogen and oxygen atoms in total. The summed E-state index contributed by atoms with van der Waals surface area (Å²) in [5, 5.41) is 15.5. The van der Waals surface area contributed by atoms with Crippen molar-refractivity contribution in [1.29, 1.82) is 0 Å². The van der Waals surface area contributed by atoms with Gasteiger partial charge in [0.05, 0.1) is 17.4 Å². The second kappa shape index (κ2) is 8.46. The van der Waals surface area contributed by atoms with Crippen molar-refractivity contribution in [2.75, 3.05) is 4.90 Å². The van der Waals surface area contributed by atoms with Gasteiger partial charge in [-0.1, -0.05) is 72.3 Å². The van der Waals surface area contributed by atoms with Crippen LogP contribution in [-0.2, 0) is 0 Å². The summed E-state index contributed by atoms with van der Waals surface area (Å²) in [7, 11) is 0. The number of amides is 1. The normalized spacial score (nSPS) is 14.8. The van der Waals surface area contributed by atoms with Crippen molar-refractivity contribution < 1.29 is 9.90 Å². The Labute approximate surface area is 207 Å². The molecule has 4 aromatic carbocycles. The largest absolute Gasteiger partial charge is 0.508 e. The van der Waals surface area contributed by atoms with E-state index < -0.39 is 6.04 Å². The zero-order valence-corrected chi connectivity index (χ0v) is 19.3. The van der Waals surface area contributed by atoms with E-state index in [1.54, 1.807) is 33.8 Å². The predicted molar refractivity (Wildman–Crippen MR) is 137 cm³/mol. The minimum absolute atomic E-state index is 0.140. The molecule has 0 fully saturated rings. The average molecular weight is 478 g/mol. The molecule has 170 valence electrons. The lowest BCUT2D eigenvalue weighted by Gasteiger charge is -2.26. The lowest BCUT2D eigenvalue weighted by atomic mass is 9.96. The molecule has 6 heteroatoms. The van der Waals surface area contributed by atoms with Crippen LogP contribution in [0.15, 0.2) is 109 Å². The highest BCUT2D eigenvalue weighted by Crippen LogP contribution is 2.46. The van der Waals surface area contributed by atoms with E-state index in [2.05, 4.69) is 0 Å². The maximum atomic E-state index is 14.1. The minimum atomic E-state index is -0.424. The maximum Gasteiger partial charge on any atom is 0.278 e. The Kier molecular flexibility index (Phi) is 5.12. The van der Waals surface area contributed by atoms with Crippen molar-refractivity contribution in [3.05, 3.63) is 131 Å². The maximum absolute atomic E-state index is 14.1. The monoisotopic (exact) mass is 477 g/mol. The van der Waals surface area contributed by atoms with E-state index >= 15 is 0 Å². The van der Waals surface area contributed by atoms with Gasteiger partial charge in [-0.15, -0.1) is 0 Å². The Bertz CT molecular complexity index is 1510. The van der Waals surface area contributed by atoms with E-state index in [9.17, 15) is 9.90 Å². The van der Waals surface area contributed by atoms with Crippen LogP contribution in [0.2, 0.25) is 5.02 Å². The minimum Gasteiger partial charge on any atom is -0.508 e. The molecule has 0 unspecified atom stereocenters. The molecule has 5 aromatic rings. The van der Waals surface area contributed by atoms with Crippen LogP contribution in [0.1, 0.15) is 27.7 Å². The summed E-state index contributed by atoms with van der Waals surface area (Å²) >= 11 is 6.20. The first-order valence-electron chi connectivity index (χ1n) is 11.2. The number of aromatic nitrogens is 2. The van der Waals surface area contributed by atoms with Crippen LogP contribution >= 0.6 is 11.6 Å². The number of para-hydroxylation sites is 1. The third-order valence-electron chi connectivity index (χ3n) is 6.24. The molecule has 2 heterocycles. The number of carbonyl (C=O) groups is 1. The molecule has 1 aromatic heterocycles. The highest BCUT2D eigenvalue weighted by Gasteiger charge is 2.45. The zero-order chi connectivity index (χ0) is 23.9. The fourth-order valence-electron chi connectivity index (χ4n) is 4.66. The molecule has 0 bridgehead atoms. The molecule has 35 heavy (non-hydrogen) atoms. The zero-order valence-electron chi connectivity index (χ0n) is 18.5. The van der Waals surface area contributed by atoms with E-state index in [1.807, 2.05) is 84.9 Å². The third kappa shape index (κ3) is 3.57. The summed E-state index contributed by atoms with van der Waals surface area (Å²) in [6.07, 6.45) is 0. The number of aromatic hydroxyl groups is 1. The lowest BCUT2D eigenvalue weighted by Crippen LogP contribution is -2.30. The van der Waals surface area contributed by atoms with Crippen LogP contribution in [0.25, 0.3) is 16.9 Å². The standard InChI is InChI=1S/C29H20ClN3O2/c30-21-13-11-20(12-14-21)27-25-26(19-7-3-1-4-8-19)31-33(23-9-5-2-6-10-23)28(25)29(35)32(27)22-15-17-24(34)18-16-22/h1-18,27,34H/t27-/m0/s1. The van der Waals surface area contributed by atoms with E-state index in [-0.39, 0.29) is 11.7 Å². The van der Waals surface area contributed by atoms with Crippen LogP contribution in [0, 0.1) is 0 Å². The number of benzene rings is 4. The summed E-state index contributed by atoms with van der Waals surface area (Å²) in [6.45, 7) is 0. The van der Waals surface area contributed by atoms with Gasteiger partial charge in [0.25, 0.3) is 5.91 Å². The molecular weight excluding hydrogens is 458 g/mol. The molecule has 0 spiro atoms. The SMILES string of the molecule is O=C1c2c(c(-c3ccccc3)nn2-c2ccccc2)[C@H](c2ccc(Cl)cc2)N1c1ccc(O)cc1. The quantitative estimate of drug-likeness (QED) is 0.315. The Hall–Kier alpha value is -4.35. The molecule has 0 radical (unpaired) electrons. The second-order valence-corrected chi connectivity index (χ2v) is 8.81. The second-order valence-electron chi connectivity index (χ2n) is 8.37. The number of hydrogen-bond donors (Lipinski definition) is 1. The van der Waals surface area contributed by atoms with Gasteiger partial charge in [-0.25, -0.2) is 4.68 Å². The van der Waals surface area contributed by atoms with Gasteiger partial charge < -0.3 is 5.11 Å². The van der Waals surface area contributed by atoms with Gasteiger partial charge in [-0.05, 0) is 54.1 Å². The Balaban J connectivity index is 1.65. The smallest absolute Gasteiger partial charge is 0.278 e. The van der Waals surface area contributed by atoms with Gasteiger partial charge in [-0.3, -0.25) is 9.69 Å². The van der Waals surface area contributed by atoms with Crippen molar-refractivity contribution in [2.24, 2.45) is 0 Å². The fourth-order valence-corrected chi connectivity index (χ4v) is 4.79. The molecule has 1 N–H and O–H groups in total. The number of carbonyl (C=O) groups excluding carboxylic acids is 1. The molecule has 0 saturated heterocycles. The number of hydrogen-bond acceptors (Lipinski definition) is 3. The van der Waals surface area contributed by atoms with Crippen molar-refractivity contribution in [2.45, 2.75) is 6.04 Å². The average Bonchev–Trinajstić information content (AvgIpc) is 3.42. The summed E-state index contributed by atoms with van der Waals surface area (Å²) in [4.78, 5) is 15.9. The van der Waals surface area contributed by atoms with Crippen molar-refractivity contribution in [3.8, 4) is 22.7 Å². The predicted octanol–water partition coefficient (Wildman–Crippen LogP) is 6.65. The van der Waals surface area contributed by atoms with Crippen molar-refractivity contribution in [3.63, 3.8) is 0 Å². The van der Waals surface area contributed by atoms with E-state index in [0.717, 1.165) is 28.1 Å². The van der Waals surface area contributed by atoms with E-state index in [1.165, 1.54) is 0 Å². The summed E-state index contributed by atoms with van der Waals surface area (Å²) in [6, 6.07) is 33.4. The van der Waals surface area contributed by atoms with Gasteiger partial charge in [0.1, 0.15) is 11.4 Å². The first-order valence-corrected chi connectivity index (χ1v) is 11.6. The molecule has 6 rings (SSSR count). The fraction of sp³-hybridized carbons (Fsp3) is 0.0345. The van der Waals surface area contributed by atoms with Crippen LogP contribution in [0.3, 0.4) is 0 Å².